The Morgan fingerprint density at radius 2 is 2.05 bits per heavy atom. The minimum atomic E-state index is -0.466. The van der Waals surface area contributed by atoms with Crippen molar-refractivity contribution in [1.82, 2.24) is 5.32 Å². The van der Waals surface area contributed by atoms with Crippen molar-refractivity contribution >= 4 is 5.69 Å². The average molecular weight is 282 g/mol. The van der Waals surface area contributed by atoms with Crippen molar-refractivity contribution in [1.29, 1.82) is 0 Å². The van der Waals surface area contributed by atoms with E-state index in [9.17, 15) is 8.78 Å². The molecule has 0 amide bonds. The fourth-order valence-electron chi connectivity index (χ4n) is 2.80. The van der Waals surface area contributed by atoms with Crippen LogP contribution in [-0.2, 0) is 0 Å². The van der Waals surface area contributed by atoms with Crippen LogP contribution in [0.1, 0.15) is 39.2 Å². The molecule has 1 aromatic carbocycles. The maximum Gasteiger partial charge on any atom is 0.152 e. The molecule has 4 heteroatoms. The Hall–Kier alpha value is -1.16. The third kappa shape index (κ3) is 2.66. The molecule has 2 nitrogen and oxygen atoms in total. The van der Waals surface area contributed by atoms with Gasteiger partial charge in [-0.3, -0.25) is 0 Å². The lowest BCUT2D eigenvalue weighted by atomic mass is 9.92. The average Bonchev–Trinajstić information content (AvgIpc) is 2.44. The van der Waals surface area contributed by atoms with Crippen LogP contribution in [0.25, 0.3) is 0 Å². The molecule has 20 heavy (non-hydrogen) atoms. The van der Waals surface area contributed by atoms with Crippen LogP contribution in [0.5, 0.6) is 0 Å². The zero-order chi connectivity index (χ0) is 14.9. The monoisotopic (exact) mass is 282 g/mol. The number of nitrogens with one attached hydrogen (secondary N) is 1. The summed E-state index contributed by atoms with van der Waals surface area (Å²) < 4.78 is 28.6. The molecular formula is C16H24F2N2. The third-order valence-corrected chi connectivity index (χ3v) is 4.52. The first kappa shape index (κ1) is 15.2. The van der Waals surface area contributed by atoms with Gasteiger partial charge >= 0.3 is 0 Å². The number of anilines is 1. The lowest BCUT2D eigenvalue weighted by molar-refractivity contribution is 0.273. The molecule has 1 heterocycles. The minimum Gasteiger partial charge on any atom is -0.361 e. The number of hydrogen-bond donors (Lipinski definition) is 1. The number of nitrogens with zero attached hydrogens (tertiary/aromatic N) is 1. The highest BCUT2D eigenvalue weighted by Crippen LogP contribution is 2.32. The summed E-state index contributed by atoms with van der Waals surface area (Å²) in [5.74, 6) is -0.893. The molecule has 1 aliphatic heterocycles. The normalized spacial score (nSPS) is 26.9. The van der Waals surface area contributed by atoms with E-state index in [1.165, 1.54) is 12.1 Å². The summed E-state index contributed by atoms with van der Waals surface area (Å²) >= 11 is 0. The maximum atomic E-state index is 14.4. The molecule has 2 atom stereocenters. The summed E-state index contributed by atoms with van der Waals surface area (Å²) in [7, 11) is 0. The van der Waals surface area contributed by atoms with Gasteiger partial charge < -0.3 is 10.2 Å². The predicted octanol–water partition coefficient (Wildman–Crippen LogP) is 3.63. The van der Waals surface area contributed by atoms with Gasteiger partial charge in [-0.15, -0.1) is 0 Å². The molecular weight excluding hydrogens is 258 g/mol. The fraction of sp³-hybridized carbons (Fsp3) is 0.625. The Morgan fingerprint density at radius 1 is 1.35 bits per heavy atom. The van der Waals surface area contributed by atoms with Crippen molar-refractivity contribution in [3.05, 3.63) is 29.3 Å². The summed E-state index contributed by atoms with van der Waals surface area (Å²) in [6, 6.07) is 2.99. The summed E-state index contributed by atoms with van der Waals surface area (Å²) in [5, 5.41) is 3.51. The number of benzene rings is 1. The first-order valence-corrected chi connectivity index (χ1v) is 7.38. The summed E-state index contributed by atoms with van der Waals surface area (Å²) in [6.07, 6.45) is 1.79. The van der Waals surface area contributed by atoms with E-state index in [2.05, 4.69) is 26.1 Å². The van der Waals surface area contributed by atoms with E-state index in [4.69, 9.17) is 0 Å². The van der Waals surface area contributed by atoms with E-state index in [-0.39, 0.29) is 17.3 Å². The van der Waals surface area contributed by atoms with Gasteiger partial charge in [-0.05, 0) is 38.3 Å². The van der Waals surface area contributed by atoms with Gasteiger partial charge in [0.25, 0.3) is 0 Å². The molecule has 0 aromatic heterocycles. The molecule has 1 aliphatic rings. The van der Waals surface area contributed by atoms with E-state index >= 15 is 0 Å². The molecule has 1 saturated heterocycles. The Kier molecular flexibility index (Phi) is 4.33. The van der Waals surface area contributed by atoms with Crippen LogP contribution >= 0.6 is 0 Å². The number of piperazine rings is 1. The number of hydrogen-bond acceptors (Lipinski definition) is 2. The Balaban J connectivity index is 2.44. The van der Waals surface area contributed by atoms with E-state index in [1.54, 1.807) is 6.92 Å². The predicted molar refractivity (Wildman–Crippen MR) is 79.2 cm³/mol. The largest absolute Gasteiger partial charge is 0.361 e. The van der Waals surface area contributed by atoms with Crippen LogP contribution in [0.15, 0.2) is 12.1 Å². The highest BCUT2D eigenvalue weighted by Gasteiger charge is 2.36. The summed E-state index contributed by atoms with van der Waals surface area (Å²) in [4.78, 5) is 1.91. The van der Waals surface area contributed by atoms with E-state index in [0.29, 0.717) is 12.1 Å². The van der Waals surface area contributed by atoms with Gasteiger partial charge in [-0.2, -0.15) is 0 Å². The quantitative estimate of drug-likeness (QED) is 0.910. The number of halogens is 2. The van der Waals surface area contributed by atoms with Crippen molar-refractivity contribution in [2.24, 2.45) is 0 Å². The third-order valence-electron chi connectivity index (χ3n) is 4.52. The highest BCUT2D eigenvalue weighted by atomic mass is 19.1. The smallest absolute Gasteiger partial charge is 0.152 e. The number of rotatable bonds is 3. The number of aryl methyl sites for hydroxylation is 1. The van der Waals surface area contributed by atoms with Crippen molar-refractivity contribution in [2.75, 3.05) is 18.0 Å². The first-order valence-electron chi connectivity index (χ1n) is 7.38. The van der Waals surface area contributed by atoms with Gasteiger partial charge in [-0.1, -0.05) is 19.9 Å². The second-order valence-corrected chi connectivity index (χ2v) is 6.01. The standard InChI is InChI=1S/C16H24F2N2/c1-5-12-9-19-16(4,6-2)10-20(12)15-13(17)8-7-11(3)14(15)18/h7-8,12,19H,5-6,9-10H2,1-4H3. The molecule has 1 aromatic rings. The molecule has 2 rings (SSSR count). The second-order valence-electron chi connectivity index (χ2n) is 6.01. The molecule has 1 N–H and O–H groups in total. The topological polar surface area (TPSA) is 15.3 Å². The highest BCUT2D eigenvalue weighted by molar-refractivity contribution is 5.53. The van der Waals surface area contributed by atoms with Crippen molar-refractivity contribution < 1.29 is 8.78 Å². The van der Waals surface area contributed by atoms with E-state index in [1.807, 2.05) is 4.90 Å². The second kappa shape index (κ2) is 5.68. The Labute approximate surface area is 120 Å². The molecule has 0 radical (unpaired) electrons. The van der Waals surface area contributed by atoms with Crippen LogP contribution in [0.4, 0.5) is 14.5 Å². The molecule has 0 saturated carbocycles. The molecule has 112 valence electrons. The lowest BCUT2D eigenvalue weighted by Gasteiger charge is -2.47. The van der Waals surface area contributed by atoms with E-state index < -0.39 is 11.6 Å². The first-order chi connectivity index (χ1) is 9.41. The molecule has 1 fully saturated rings. The fourth-order valence-corrected chi connectivity index (χ4v) is 2.80. The minimum absolute atomic E-state index is 0.103. The molecule has 0 bridgehead atoms. The summed E-state index contributed by atoms with van der Waals surface area (Å²) in [6.45, 7) is 9.32. The van der Waals surface area contributed by atoms with Gasteiger partial charge in [-0.25, -0.2) is 8.78 Å². The zero-order valence-electron chi connectivity index (χ0n) is 12.8. The Morgan fingerprint density at radius 3 is 2.65 bits per heavy atom. The van der Waals surface area contributed by atoms with Gasteiger partial charge in [0.1, 0.15) is 11.5 Å². The Bertz CT molecular complexity index is 490. The van der Waals surface area contributed by atoms with Crippen LogP contribution in [0, 0.1) is 18.6 Å². The zero-order valence-corrected chi connectivity index (χ0v) is 12.8. The molecule has 0 spiro atoms. The molecule has 2 unspecified atom stereocenters. The van der Waals surface area contributed by atoms with Gasteiger partial charge in [0.05, 0.1) is 0 Å². The van der Waals surface area contributed by atoms with Crippen molar-refractivity contribution in [3.63, 3.8) is 0 Å². The maximum absolute atomic E-state index is 14.4. The van der Waals surface area contributed by atoms with Gasteiger partial charge in [0.15, 0.2) is 5.82 Å². The van der Waals surface area contributed by atoms with Crippen LogP contribution in [0.2, 0.25) is 0 Å². The van der Waals surface area contributed by atoms with Crippen molar-refractivity contribution in [3.8, 4) is 0 Å². The van der Waals surface area contributed by atoms with E-state index in [0.717, 1.165) is 19.4 Å². The SMILES string of the molecule is CCC1CNC(C)(CC)CN1c1c(F)ccc(C)c1F. The van der Waals surface area contributed by atoms with Gasteiger partial charge in [0, 0.05) is 24.7 Å². The summed E-state index contributed by atoms with van der Waals surface area (Å²) in [5.41, 5.74) is 0.528. The van der Waals surface area contributed by atoms with Gasteiger partial charge in [0.2, 0.25) is 0 Å². The molecule has 0 aliphatic carbocycles. The van der Waals surface area contributed by atoms with Crippen LogP contribution in [0.3, 0.4) is 0 Å². The van der Waals surface area contributed by atoms with Crippen molar-refractivity contribution in [2.45, 2.75) is 52.1 Å². The lowest BCUT2D eigenvalue weighted by Crippen LogP contribution is -2.63. The van der Waals surface area contributed by atoms with Crippen LogP contribution < -0.4 is 10.2 Å². The van der Waals surface area contributed by atoms with Crippen LogP contribution in [-0.4, -0.2) is 24.7 Å².